The number of ether oxygens (including phenoxy) is 1. The summed E-state index contributed by atoms with van der Waals surface area (Å²) in [6.45, 7) is 3.02. The van der Waals surface area contributed by atoms with Crippen molar-refractivity contribution in [1.82, 2.24) is 4.98 Å². The van der Waals surface area contributed by atoms with Crippen molar-refractivity contribution in [2.45, 2.75) is 25.9 Å². The fraction of sp³-hybridized carbons (Fsp3) is 0.615. The molecule has 0 bridgehead atoms. The van der Waals surface area contributed by atoms with Gasteiger partial charge in [0.2, 0.25) is 0 Å². The SMILES string of the molecule is CCCNc1nc(NCCC(O)COC)c(F)cc1F. The molecule has 1 atom stereocenters. The smallest absolute Gasteiger partial charge is 0.168 e. The Bertz CT molecular complexity index is 419. The maximum Gasteiger partial charge on any atom is 0.168 e. The van der Waals surface area contributed by atoms with E-state index in [0.29, 0.717) is 19.5 Å². The van der Waals surface area contributed by atoms with Crippen LogP contribution in [0.1, 0.15) is 19.8 Å². The van der Waals surface area contributed by atoms with E-state index in [9.17, 15) is 13.9 Å². The predicted molar refractivity (Wildman–Crippen MR) is 73.9 cm³/mol. The molecule has 5 nitrogen and oxygen atoms in total. The second-order valence-corrected chi connectivity index (χ2v) is 4.40. The summed E-state index contributed by atoms with van der Waals surface area (Å²) < 4.78 is 31.8. The molecular weight excluding hydrogens is 268 g/mol. The largest absolute Gasteiger partial charge is 0.391 e. The van der Waals surface area contributed by atoms with Gasteiger partial charge < -0.3 is 20.5 Å². The van der Waals surface area contributed by atoms with Crippen LogP contribution in [0.5, 0.6) is 0 Å². The molecule has 1 rings (SSSR count). The lowest BCUT2D eigenvalue weighted by molar-refractivity contribution is 0.0615. The van der Waals surface area contributed by atoms with Gasteiger partial charge in [-0.15, -0.1) is 0 Å². The number of rotatable bonds is 9. The number of methoxy groups -OCH3 is 1. The molecule has 0 aliphatic rings. The van der Waals surface area contributed by atoms with Gasteiger partial charge in [0.05, 0.1) is 12.7 Å². The van der Waals surface area contributed by atoms with Crippen molar-refractivity contribution in [3.05, 3.63) is 17.7 Å². The van der Waals surface area contributed by atoms with Gasteiger partial charge in [0.1, 0.15) is 0 Å². The summed E-state index contributed by atoms with van der Waals surface area (Å²) in [5, 5.41) is 15.0. The number of nitrogens with one attached hydrogen (secondary N) is 2. The maximum absolute atomic E-state index is 13.5. The van der Waals surface area contributed by atoms with Gasteiger partial charge in [-0.1, -0.05) is 6.92 Å². The predicted octanol–water partition coefficient (Wildman–Crippen LogP) is 1.99. The van der Waals surface area contributed by atoms with Crippen LogP contribution >= 0.6 is 0 Å². The Hall–Kier alpha value is -1.47. The van der Waals surface area contributed by atoms with E-state index in [1.54, 1.807) is 0 Å². The van der Waals surface area contributed by atoms with Crippen molar-refractivity contribution >= 4 is 11.6 Å². The highest BCUT2D eigenvalue weighted by atomic mass is 19.1. The minimum Gasteiger partial charge on any atom is -0.391 e. The van der Waals surface area contributed by atoms with Gasteiger partial charge in [-0.25, -0.2) is 13.8 Å². The molecule has 0 saturated heterocycles. The first-order valence-electron chi connectivity index (χ1n) is 6.59. The Labute approximate surface area is 117 Å². The zero-order valence-electron chi connectivity index (χ0n) is 11.7. The lowest BCUT2D eigenvalue weighted by Gasteiger charge is -2.12. The molecule has 20 heavy (non-hydrogen) atoms. The summed E-state index contributed by atoms with van der Waals surface area (Å²) in [6, 6.07) is 0.791. The van der Waals surface area contributed by atoms with E-state index >= 15 is 0 Å². The molecule has 1 unspecified atom stereocenters. The van der Waals surface area contributed by atoms with Crippen LogP contribution in [0.15, 0.2) is 6.07 Å². The van der Waals surface area contributed by atoms with Crippen LogP contribution in [0.2, 0.25) is 0 Å². The minimum atomic E-state index is -0.759. The van der Waals surface area contributed by atoms with Gasteiger partial charge in [-0.2, -0.15) is 0 Å². The molecule has 0 aliphatic carbocycles. The second kappa shape index (κ2) is 8.65. The highest BCUT2D eigenvalue weighted by Gasteiger charge is 2.12. The van der Waals surface area contributed by atoms with Gasteiger partial charge in [0.25, 0.3) is 0 Å². The summed E-state index contributed by atoms with van der Waals surface area (Å²) in [5.41, 5.74) is 0. The van der Waals surface area contributed by atoms with Crippen molar-refractivity contribution in [3.8, 4) is 0 Å². The molecule has 0 radical (unpaired) electrons. The number of hydrogen-bond donors (Lipinski definition) is 3. The van der Waals surface area contributed by atoms with E-state index in [2.05, 4.69) is 15.6 Å². The van der Waals surface area contributed by atoms with E-state index in [-0.39, 0.29) is 18.2 Å². The molecule has 114 valence electrons. The van der Waals surface area contributed by atoms with Crippen molar-refractivity contribution in [1.29, 1.82) is 0 Å². The summed E-state index contributed by atoms with van der Waals surface area (Å²) in [4.78, 5) is 3.87. The first kappa shape index (κ1) is 16.6. The number of aliphatic hydroxyl groups excluding tert-OH is 1. The lowest BCUT2D eigenvalue weighted by atomic mass is 10.2. The van der Waals surface area contributed by atoms with Gasteiger partial charge in [0, 0.05) is 26.3 Å². The summed E-state index contributed by atoms with van der Waals surface area (Å²) in [6.07, 6.45) is 0.558. The standard InChI is InChI=1S/C13H21F2N3O2/c1-3-5-16-12-10(14)7-11(15)13(18-12)17-6-4-9(19)8-20-2/h7,9,19H,3-6,8H2,1-2H3,(H2,16,17,18). The molecule has 1 heterocycles. The molecule has 0 aliphatic heterocycles. The molecule has 0 fully saturated rings. The van der Waals surface area contributed by atoms with Crippen LogP contribution in [0.3, 0.4) is 0 Å². The minimum absolute atomic E-state index is 0.0215. The fourth-order valence-electron chi connectivity index (χ4n) is 1.59. The highest BCUT2D eigenvalue weighted by Crippen LogP contribution is 2.19. The van der Waals surface area contributed by atoms with Crippen LogP contribution in [-0.2, 0) is 4.74 Å². The van der Waals surface area contributed by atoms with Crippen LogP contribution < -0.4 is 10.6 Å². The average Bonchev–Trinajstić information content (AvgIpc) is 2.40. The lowest BCUT2D eigenvalue weighted by Crippen LogP contribution is -2.19. The number of nitrogens with zero attached hydrogens (tertiary/aromatic N) is 1. The Morgan fingerprint density at radius 3 is 2.40 bits per heavy atom. The number of hydrogen-bond acceptors (Lipinski definition) is 5. The molecular formula is C13H21F2N3O2. The first-order valence-corrected chi connectivity index (χ1v) is 6.59. The van der Waals surface area contributed by atoms with Crippen LogP contribution in [0.25, 0.3) is 0 Å². The van der Waals surface area contributed by atoms with E-state index in [1.807, 2.05) is 6.92 Å². The second-order valence-electron chi connectivity index (χ2n) is 4.40. The Balaban J connectivity index is 2.60. The van der Waals surface area contributed by atoms with E-state index < -0.39 is 17.7 Å². The van der Waals surface area contributed by atoms with E-state index in [4.69, 9.17) is 4.74 Å². The van der Waals surface area contributed by atoms with E-state index in [1.165, 1.54) is 7.11 Å². The van der Waals surface area contributed by atoms with Crippen LogP contribution in [0.4, 0.5) is 20.4 Å². The summed E-state index contributed by atoms with van der Waals surface area (Å²) >= 11 is 0. The van der Waals surface area contributed by atoms with Crippen LogP contribution in [0, 0.1) is 11.6 Å². The van der Waals surface area contributed by atoms with Crippen molar-refractivity contribution in [2.75, 3.05) is 37.4 Å². The van der Waals surface area contributed by atoms with Crippen molar-refractivity contribution < 1.29 is 18.6 Å². The highest BCUT2D eigenvalue weighted by molar-refractivity contribution is 5.47. The molecule has 0 amide bonds. The molecule has 7 heteroatoms. The van der Waals surface area contributed by atoms with Gasteiger partial charge in [0.15, 0.2) is 23.3 Å². The zero-order valence-corrected chi connectivity index (χ0v) is 11.7. The van der Waals surface area contributed by atoms with Gasteiger partial charge in [-0.3, -0.25) is 0 Å². The molecule has 1 aromatic rings. The topological polar surface area (TPSA) is 66.4 Å². The number of pyridine rings is 1. The quantitative estimate of drug-likeness (QED) is 0.649. The molecule has 3 N–H and O–H groups in total. The van der Waals surface area contributed by atoms with Crippen molar-refractivity contribution in [2.24, 2.45) is 0 Å². The fourth-order valence-corrected chi connectivity index (χ4v) is 1.59. The molecule has 0 spiro atoms. The third kappa shape index (κ3) is 5.26. The van der Waals surface area contributed by atoms with E-state index in [0.717, 1.165) is 12.5 Å². The number of anilines is 2. The Morgan fingerprint density at radius 1 is 1.25 bits per heavy atom. The molecule has 1 aromatic heterocycles. The number of aromatic nitrogens is 1. The summed E-state index contributed by atoms with van der Waals surface area (Å²) in [5.74, 6) is -1.49. The zero-order chi connectivity index (χ0) is 15.0. The third-order valence-corrected chi connectivity index (χ3v) is 2.60. The average molecular weight is 289 g/mol. The Morgan fingerprint density at radius 2 is 1.85 bits per heavy atom. The van der Waals surface area contributed by atoms with Crippen molar-refractivity contribution in [3.63, 3.8) is 0 Å². The number of aliphatic hydroxyl groups is 1. The van der Waals surface area contributed by atoms with Gasteiger partial charge >= 0.3 is 0 Å². The third-order valence-electron chi connectivity index (χ3n) is 2.60. The first-order chi connectivity index (χ1) is 9.58. The van der Waals surface area contributed by atoms with Crippen LogP contribution in [-0.4, -0.2) is 43.0 Å². The Kier molecular flexibility index (Phi) is 7.17. The number of halogens is 2. The van der Waals surface area contributed by atoms with Gasteiger partial charge in [-0.05, 0) is 12.8 Å². The molecule has 0 aromatic carbocycles. The monoisotopic (exact) mass is 289 g/mol. The molecule has 0 saturated carbocycles. The maximum atomic E-state index is 13.5. The normalized spacial score (nSPS) is 12.2. The summed E-state index contributed by atoms with van der Waals surface area (Å²) in [7, 11) is 1.49.